The lowest BCUT2D eigenvalue weighted by Gasteiger charge is -2.16. The maximum Gasteiger partial charge on any atom is 0.306 e. The van der Waals surface area contributed by atoms with Crippen LogP contribution in [0.3, 0.4) is 0 Å². The van der Waals surface area contributed by atoms with E-state index in [2.05, 4.69) is 20.4 Å². The van der Waals surface area contributed by atoms with Crippen LogP contribution in [0.4, 0.5) is 0 Å². The molecule has 0 radical (unpaired) electrons. The normalized spacial score (nSPS) is 10.6. The van der Waals surface area contributed by atoms with Gasteiger partial charge in [-0.15, -0.1) is 0 Å². The zero-order valence-corrected chi connectivity index (χ0v) is 15.3. The number of rotatable bonds is 7. The van der Waals surface area contributed by atoms with Crippen molar-refractivity contribution in [3.05, 3.63) is 23.3 Å². The van der Waals surface area contributed by atoms with Crippen molar-refractivity contribution in [1.82, 2.24) is 29.8 Å². The number of amides is 2. The summed E-state index contributed by atoms with van der Waals surface area (Å²) in [5, 5.41) is 6.52. The van der Waals surface area contributed by atoms with E-state index in [1.54, 1.807) is 4.52 Å². The topological polar surface area (TPSA) is 119 Å². The second kappa shape index (κ2) is 8.37. The molecule has 140 valence electrons. The maximum absolute atomic E-state index is 11.9. The zero-order valence-electron chi connectivity index (χ0n) is 15.3. The van der Waals surface area contributed by atoms with Crippen LogP contribution in [0.25, 0.3) is 5.78 Å². The Morgan fingerprint density at radius 2 is 2.04 bits per heavy atom. The largest absolute Gasteiger partial charge is 0.456 e. The fourth-order valence-corrected chi connectivity index (χ4v) is 2.45. The summed E-state index contributed by atoms with van der Waals surface area (Å²) in [6.07, 6.45) is 1.95. The molecule has 1 N–H and O–H groups in total. The van der Waals surface area contributed by atoms with Crippen molar-refractivity contribution in [2.24, 2.45) is 0 Å². The van der Waals surface area contributed by atoms with Gasteiger partial charge in [0.15, 0.2) is 6.61 Å². The molecular formula is C16H22N6O4. The van der Waals surface area contributed by atoms with Gasteiger partial charge in [-0.2, -0.15) is 10.1 Å². The maximum atomic E-state index is 11.9. The van der Waals surface area contributed by atoms with E-state index in [9.17, 15) is 14.4 Å². The highest BCUT2D eigenvalue weighted by Crippen LogP contribution is 2.15. The first-order chi connectivity index (χ1) is 12.3. The molecule has 2 aromatic heterocycles. The number of aryl methyl sites for hydroxylation is 2. The Morgan fingerprint density at radius 3 is 2.73 bits per heavy atom. The van der Waals surface area contributed by atoms with Crippen LogP contribution in [-0.2, 0) is 25.5 Å². The Kier molecular flexibility index (Phi) is 6.21. The summed E-state index contributed by atoms with van der Waals surface area (Å²) in [4.78, 5) is 44.6. The molecule has 0 fully saturated rings. The molecule has 26 heavy (non-hydrogen) atoms. The number of hydrogen-bond acceptors (Lipinski definition) is 7. The van der Waals surface area contributed by atoms with Gasteiger partial charge in [0.25, 0.3) is 11.7 Å². The number of carbonyl (C=O) groups is 3. The van der Waals surface area contributed by atoms with Gasteiger partial charge in [-0.05, 0) is 25.8 Å². The summed E-state index contributed by atoms with van der Waals surface area (Å²) in [7, 11) is 2.95. The minimum atomic E-state index is -0.496. The van der Waals surface area contributed by atoms with Crippen molar-refractivity contribution in [3.8, 4) is 0 Å². The summed E-state index contributed by atoms with van der Waals surface area (Å²) >= 11 is 0. The Bertz CT molecular complexity index is 831. The van der Waals surface area contributed by atoms with Gasteiger partial charge >= 0.3 is 5.97 Å². The van der Waals surface area contributed by atoms with Crippen molar-refractivity contribution < 1.29 is 19.1 Å². The molecule has 0 bridgehead atoms. The molecule has 2 rings (SSSR count). The number of carbonyl (C=O) groups excluding carboxylic acids is 3. The molecule has 2 amide bonds. The van der Waals surface area contributed by atoms with Crippen LogP contribution in [0, 0.1) is 13.8 Å². The molecule has 10 heteroatoms. The van der Waals surface area contributed by atoms with Crippen LogP contribution >= 0.6 is 0 Å². The number of hydrogen-bond donors (Lipinski definition) is 1. The van der Waals surface area contributed by atoms with Crippen LogP contribution in [0.1, 0.15) is 23.4 Å². The summed E-state index contributed by atoms with van der Waals surface area (Å²) < 4.78 is 6.61. The highest BCUT2D eigenvalue weighted by atomic mass is 16.5. The average molecular weight is 362 g/mol. The number of esters is 1. The lowest BCUT2D eigenvalue weighted by Crippen LogP contribution is -2.39. The van der Waals surface area contributed by atoms with E-state index in [-0.39, 0.29) is 18.9 Å². The molecule has 0 aromatic carbocycles. The van der Waals surface area contributed by atoms with Gasteiger partial charge in [-0.25, -0.2) is 9.50 Å². The minimum Gasteiger partial charge on any atom is -0.456 e. The first kappa shape index (κ1) is 19.3. The molecule has 0 saturated heterocycles. The van der Waals surface area contributed by atoms with Crippen molar-refractivity contribution in [2.45, 2.75) is 26.7 Å². The van der Waals surface area contributed by atoms with Gasteiger partial charge in [0.2, 0.25) is 5.91 Å². The lowest BCUT2D eigenvalue weighted by molar-refractivity contribution is -0.151. The molecule has 0 aliphatic heterocycles. The minimum absolute atomic E-state index is 0.0884. The standard InChI is InChI=1S/C16H22N6O4/c1-10-12(11(2)22-16(20-10)18-9-19-22)5-6-15(25)26-8-14(24)21(4)7-13(23)17-3/h9H,5-8H2,1-4H3,(H,17,23). The Hall–Kier alpha value is -3.04. The predicted molar refractivity (Wildman–Crippen MR) is 91.2 cm³/mol. The number of fused-ring (bicyclic) bond motifs is 1. The van der Waals surface area contributed by atoms with Gasteiger partial charge in [0.05, 0.1) is 6.54 Å². The Labute approximate surface area is 150 Å². The van der Waals surface area contributed by atoms with E-state index in [4.69, 9.17) is 4.74 Å². The van der Waals surface area contributed by atoms with Crippen molar-refractivity contribution in [2.75, 3.05) is 27.2 Å². The van der Waals surface area contributed by atoms with Crippen LogP contribution in [-0.4, -0.2) is 69.5 Å². The second-order valence-corrected chi connectivity index (χ2v) is 5.82. The van der Waals surface area contributed by atoms with E-state index in [0.717, 1.165) is 17.0 Å². The first-order valence-corrected chi connectivity index (χ1v) is 8.09. The summed E-state index contributed by atoms with van der Waals surface area (Å²) in [6, 6.07) is 0. The second-order valence-electron chi connectivity index (χ2n) is 5.82. The monoisotopic (exact) mass is 362 g/mol. The molecule has 10 nitrogen and oxygen atoms in total. The molecule has 0 aliphatic rings. The zero-order chi connectivity index (χ0) is 19.3. The van der Waals surface area contributed by atoms with Gasteiger partial charge < -0.3 is 15.0 Å². The van der Waals surface area contributed by atoms with Gasteiger partial charge in [0, 0.05) is 31.9 Å². The Morgan fingerprint density at radius 1 is 1.31 bits per heavy atom. The number of nitrogens with zero attached hydrogens (tertiary/aromatic N) is 5. The summed E-state index contributed by atoms with van der Waals surface area (Å²) in [6.45, 7) is 3.24. The molecule has 0 spiro atoms. The highest BCUT2D eigenvalue weighted by molar-refractivity contribution is 5.86. The van der Waals surface area contributed by atoms with E-state index in [0.29, 0.717) is 12.2 Å². The third-order valence-electron chi connectivity index (χ3n) is 4.01. The molecule has 0 atom stereocenters. The van der Waals surface area contributed by atoms with Crippen LogP contribution in [0.5, 0.6) is 0 Å². The first-order valence-electron chi connectivity index (χ1n) is 8.09. The van der Waals surface area contributed by atoms with Gasteiger partial charge in [0.1, 0.15) is 6.33 Å². The van der Waals surface area contributed by atoms with Gasteiger partial charge in [-0.1, -0.05) is 0 Å². The highest BCUT2D eigenvalue weighted by Gasteiger charge is 2.16. The van der Waals surface area contributed by atoms with Crippen molar-refractivity contribution >= 4 is 23.6 Å². The van der Waals surface area contributed by atoms with E-state index in [1.165, 1.54) is 25.3 Å². The predicted octanol–water partition coefficient (Wildman–Crippen LogP) is -0.579. The average Bonchev–Trinajstić information content (AvgIpc) is 3.07. The number of ether oxygens (including phenoxy) is 1. The molecule has 0 saturated carbocycles. The van der Waals surface area contributed by atoms with Crippen LogP contribution in [0.2, 0.25) is 0 Å². The number of nitrogens with one attached hydrogen (secondary N) is 1. The summed E-state index contributed by atoms with van der Waals surface area (Å²) in [5.41, 5.74) is 2.53. The van der Waals surface area contributed by atoms with E-state index < -0.39 is 18.5 Å². The van der Waals surface area contributed by atoms with Crippen molar-refractivity contribution in [1.29, 1.82) is 0 Å². The third-order valence-corrected chi connectivity index (χ3v) is 4.01. The molecule has 0 unspecified atom stereocenters. The fourth-order valence-electron chi connectivity index (χ4n) is 2.45. The van der Waals surface area contributed by atoms with E-state index >= 15 is 0 Å². The smallest absolute Gasteiger partial charge is 0.306 e. The molecule has 2 aromatic rings. The van der Waals surface area contributed by atoms with Crippen molar-refractivity contribution in [3.63, 3.8) is 0 Å². The lowest BCUT2D eigenvalue weighted by atomic mass is 10.1. The number of likely N-dealkylation sites (N-methyl/N-ethyl adjacent to an activating group) is 2. The third kappa shape index (κ3) is 4.52. The molecule has 0 aliphatic carbocycles. The SMILES string of the molecule is CNC(=O)CN(C)C(=O)COC(=O)CCc1c(C)nc2ncnn2c1C. The quantitative estimate of drug-likeness (QED) is 0.655. The fraction of sp³-hybridized carbons (Fsp3) is 0.500. The van der Waals surface area contributed by atoms with Crippen LogP contribution < -0.4 is 5.32 Å². The summed E-state index contributed by atoms with van der Waals surface area (Å²) in [5.74, 6) is -0.727. The van der Waals surface area contributed by atoms with E-state index in [1.807, 2.05) is 13.8 Å². The molecular weight excluding hydrogens is 340 g/mol. The van der Waals surface area contributed by atoms with Crippen LogP contribution in [0.15, 0.2) is 6.33 Å². The van der Waals surface area contributed by atoms with Gasteiger partial charge in [-0.3, -0.25) is 14.4 Å². The Balaban J connectivity index is 1.87. The number of aromatic nitrogens is 4. The molecule has 2 heterocycles.